The van der Waals surface area contributed by atoms with Gasteiger partial charge in [0.05, 0.1) is 10.8 Å². The van der Waals surface area contributed by atoms with Gasteiger partial charge in [0.2, 0.25) is 6.23 Å². The third-order valence-electron chi connectivity index (χ3n) is 4.97. The Morgan fingerprint density at radius 1 is 1.24 bits per heavy atom. The Kier molecular flexibility index (Phi) is 9.80. The highest BCUT2D eigenvalue weighted by Crippen LogP contribution is 2.21. The van der Waals surface area contributed by atoms with Gasteiger partial charge in [-0.05, 0) is 19.1 Å². The topological polar surface area (TPSA) is 207 Å². The van der Waals surface area contributed by atoms with Crippen LogP contribution in [0.25, 0.3) is 0 Å². The lowest BCUT2D eigenvalue weighted by Gasteiger charge is -2.32. The van der Waals surface area contributed by atoms with Crippen LogP contribution < -0.4 is 16.2 Å². The van der Waals surface area contributed by atoms with Crippen molar-refractivity contribution < 1.29 is 56.6 Å². The number of alkyl halides is 3. The molecule has 1 saturated heterocycles. The summed E-state index contributed by atoms with van der Waals surface area (Å²) in [6.45, 7) is 1.57. The van der Waals surface area contributed by atoms with Crippen LogP contribution in [0.1, 0.15) is 20.3 Å². The van der Waals surface area contributed by atoms with E-state index in [0.29, 0.717) is 0 Å². The quantitative estimate of drug-likeness (QED) is 0.108. The average Bonchev–Trinajstić information content (AvgIpc) is 2.86. The Labute approximate surface area is 211 Å². The zero-order chi connectivity index (χ0) is 28.8. The van der Waals surface area contributed by atoms with Crippen LogP contribution in [0.15, 0.2) is 24.3 Å². The molecule has 0 spiro atoms. The Morgan fingerprint density at radius 3 is 2.37 bits per heavy atom. The molecule has 38 heavy (non-hydrogen) atoms. The lowest BCUT2D eigenvalue weighted by Crippen LogP contribution is -2.65. The lowest BCUT2D eigenvalue weighted by atomic mass is 10.0. The van der Waals surface area contributed by atoms with E-state index < -0.39 is 71.5 Å². The molecule has 1 aromatic carbocycles. The van der Waals surface area contributed by atoms with E-state index in [1.165, 1.54) is 6.92 Å². The molecule has 1 aliphatic rings. The first kappa shape index (κ1) is 30.1. The number of carbonyl (C=O) groups is 5. The smallest absolute Gasteiger partial charge is 0.419 e. The van der Waals surface area contributed by atoms with Crippen molar-refractivity contribution >= 4 is 40.8 Å². The van der Waals surface area contributed by atoms with Crippen molar-refractivity contribution in [1.29, 1.82) is 0 Å². The first-order valence-electron chi connectivity index (χ1n) is 10.7. The number of hydrogen-bond donors (Lipinski definition) is 4. The largest absolute Gasteiger partial charge is 0.452 e. The van der Waals surface area contributed by atoms with Gasteiger partial charge in [0.25, 0.3) is 23.7 Å². The van der Waals surface area contributed by atoms with Gasteiger partial charge in [-0.3, -0.25) is 29.3 Å². The Morgan fingerprint density at radius 2 is 1.84 bits per heavy atom. The van der Waals surface area contributed by atoms with Crippen molar-refractivity contribution in [2.24, 2.45) is 5.92 Å². The lowest BCUT2D eigenvalue weighted by molar-refractivity contribution is -0.384. The number of aliphatic hydroxyl groups is 1. The Bertz CT molecular complexity index is 1100. The maximum absolute atomic E-state index is 13.2. The number of ether oxygens (including phenoxy) is 2. The second-order valence-electron chi connectivity index (χ2n) is 7.66. The number of rotatable bonds is 8. The minimum Gasteiger partial charge on any atom is -0.419 e. The first-order chi connectivity index (χ1) is 17.6. The number of Topliss-reactive ketones (excluding diaryl/α,β-unsaturated/α-hetero) is 2. The Hall–Kier alpha value is -4.16. The van der Waals surface area contributed by atoms with E-state index in [4.69, 9.17) is 4.74 Å². The van der Waals surface area contributed by atoms with Crippen LogP contribution in [0.4, 0.5) is 24.5 Å². The molecule has 0 aliphatic carbocycles. The number of non-ortho nitro benzene ring substituents is 1. The van der Waals surface area contributed by atoms with Gasteiger partial charge < -0.3 is 19.9 Å². The van der Waals surface area contributed by atoms with Crippen molar-refractivity contribution in [3.8, 4) is 0 Å². The molecule has 18 heteroatoms. The van der Waals surface area contributed by atoms with Crippen LogP contribution in [-0.2, 0) is 33.4 Å². The van der Waals surface area contributed by atoms with Gasteiger partial charge in [-0.2, -0.15) is 18.6 Å². The van der Waals surface area contributed by atoms with E-state index in [-0.39, 0.29) is 22.9 Å². The summed E-state index contributed by atoms with van der Waals surface area (Å²) in [4.78, 5) is 71.4. The number of aliphatic hydroxyl groups excluding tert-OH is 1. The highest BCUT2D eigenvalue weighted by atomic mass is 19.4. The highest BCUT2D eigenvalue weighted by Gasteiger charge is 2.50. The number of ketones is 2. The molecule has 208 valence electrons. The van der Waals surface area contributed by atoms with Crippen molar-refractivity contribution in [2.75, 3.05) is 11.9 Å². The average molecular weight is 549 g/mol. The fourth-order valence-electron chi connectivity index (χ4n) is 2.90. The van der Waals surface area contributed by atoms with Crippen LogP contribution >= 0.6 is 0 Å². The van der Waals surface area contributed by atoms with E-state index >= 15 is 0 Å². The zero-order valence-corrected chi connectivity index (χ0v) is 19.7. The summed E-state index contributed by atoms with van der Waals surface area (Å²) >= 11 is 0. The predicted molar refractivity (Wildman–Crippen MR) is 116 cm³/mol. The van der Waals surface area contributed by atoms with Gasteiger partial charge in [0, 0.05) is 24.2 Å². The fourth-order valence-corrected chi connectivity index (χ4v) is 2.90. The van der Waals surface area contributed by atoms with Gasteiger partial charge in [-0.25, -0.2) is 15.3 Å². The highest BCUT2D eigenvalue weighted by molar-refractivity contribution is 6.06. The zero-order valence-electron chi connectivity index (χ0n) is 19.7. The van der Waals surface area contributed by atoms with Crippen molar-refractivity contribution in [2.45, 2.75) is 45.0 Å². The van der Waals surface area contributed by atoms with E-state index in [1.54, 1.807) is 5.43 Å². The standard InChI is InChI=1S/C20H22F3N5O10/c1-3-12(29)9(2)17(33)27-24-8-13(30)37-19(38-18(34)14(26-27)15(31)20(21,22)23)16(32)25-10-4-6-11(7-5-10)28(35)36/h4-7,9,14,16,19,24-26,32H,3,8H2,1-2H3. The van der Waals surface area contributed by atoms with Gasteiger partial charge in [-0.15, -0.1) is 0 Å². The van der Waals surface area contributed by atoms with Crippen molar-refractivity contribution in [3.63, 3.8) is 0 Å². The number of carbonyl (C=O) groups excluding carboxylic acids is 5. The molecule has 0 aromatic heterocycles. The number of halogens is 3. The Balaban J connectivity index is 2.33. The van der Waals surface area contributed by atoms with Gasteiger partial charge in [0.1, 0.15) is 12.3 Å². The number of cyclic esters (lactones) is 2. The van der Waals surface area contributed by atoms with E-state index in [2.05, 4.69) is 10.1 Å². The molecule has 0 saturated carbocycles. The molecule has 1 aromatic rings. The number of amides is 1. The second kappa shape index (κ2) is 12.4. The summed E-state index contributed by atoms with van der Waals surface area (Å²) in [5, 5.41) is 23.5. The molecule has 4 N–H and O–H groups in total. The third-order valence-corrected chi connectivity index (χ3v) is 4.97. The van der Waals surface area contributed by atoms with Crippen molar-refractivity contribution in [3.05, 3.63) is 34.4 Å². The molecule has 1 fully saturated rings. The first-order valence-corrected chi connectivity index (χ1v) is 10.7. The monoisotopic (exact) mass is 549 g/mol. The fraction of sp³-hybridized carbons (Fsp3) is 0.450. The molecule has 0 bridgehead atoms. The molecular formula is C20H22F3N5O10. The second-order valence-corrected chi connectivity index (χ2v) is 7.66. The van der Waals surface area contributed by atoms with Gasteiger partial charge >= 0.3 is 18.1 Å². The summed E-state index contributed by atoms with van der Waals surface area (Å²) in [6.07, 6.45) is -10.2. The number of esters is 2. The normalized spacial score (nSPS) is 20.4. The number of hydrogen-bond acceptors (Lipinski definition) is 13. The molecule has 1 amide bonds. The molecule has 1 heterocycles. The number of anilines is 1. The summed E-state index contributed by atoms with van der Waals surface area (Å²) < 4.78 is 49.1. The summed E-state index contributed by atoms with van der Waals surface area (Å²) in [5.74, 6) is -9.32. The molecule has 2 rings (SSSR count). The van der Waals surface area contributed by atoms with Crippen LogP contribution in [0.2, 0.25) is 0 Å². The van der Waals surface area contributed by atoms with E-state index in [0.717, 1.165) is 31.2 Å². The van der Waals surface area contributed by atoms with Crippen molar-refractivity contribution in [1.82, 2.24) is 16.0 Å². The van der Waals surface area contributed by atoms with Crippen LogP contribution in [0, 0.1) is 16.0 Å². The van der Waals surface area contributed by atoms with E-state index in [9.17, 15) is 52.4 Å². The molecule has 15 nitrogen and oxygen atoms in total. The van der Waals surface area contributed by atoms with Crippen LogP contribution in [0.5, 0.6) is 0 Å². The maximum Gasteiger partial charge on any atom is 0.452 e. The van der Waals surface area contributed by atoms with Gasteiger partial charge in [0.15, 0.2) is 6.04 Å². The molecule has 4 unspecified atom stereocenters. The third kappa shape index (κ3) is 7.67. The molecule has 0 radical (unpaired) electrons. The number of hydrazine groups is 2. The number of nitrogens with zero attached hydrogens (tertiary/aromatic N) is 2. The SMILES string of the molecule is CCC(=O)C(C)C(=O)N1NCC(=O)OC(C(O)Nc2ccc([N+](=O)[O-])cc2)OC(=O)C(C(=O)C(F)(F)F)N1. The predicted octanol–water partition coefficient (Wildman–Crippen LogP) is -0.296. The molecule has 4 atom stereocenters. The summed E-state index contributed by atoms with van der Waals surface area (Å²) in [5.41, 5.74) is 3.39. The summed E-state index contributed by atoms with van der Waals surface area (Å²) in [7, 11) is 0. The number of nitro benzene ring substituents is 1. The summed E-state index contributed by atoms with van der Waals surface area (Å²) in [6, 6.07) is 1.37. The number of benzene rings is 1. The number of nitrogens with one attached hydrogen (secondary N) is 3. The minimum atomic E-state index is -5.61. The minimum absolute atomic E-state index is 0.0159. The van der Waals surface area contributed by atoms with Crippen LogP contribution in [-0.4, -0.2) is 75.8 Å². The maximum atomic E-state index is 13.2. The van der Waals surface area contributed by atoms with E-state index in [1.807, 2.05) is 5.43 Å². The number of nitro groups is 1. The molecule has 1 aliphatic heterocycles. The molecular weight excluding hydrogens is 527 g/mol. The van der Waals surface area contributed by atoms with Crippen LogP contribution in [0.3, 0.4) is 0 Å². The van der Waals surface area contributed by atoms with Gasteiger partial charge in [-0.1, -0.05) is 6.92 Å².